The molecule has 7 heteroatoms. The quantitative estimate of drug-likeness (QED) is 0.697. The van der Waals surface area contributed by atoms with E-state index in [4.69, 9.17) is 4.74 Å². The maximum Gasteiger partial charge on any atom is 0.220 e. The van der Waals surface area contributed by atoms with E-state index in [0.717, 1.165) is 30.8 Å². The maximum absolute atomic E-state index is 12.2. The van der Waals surface area contributed by atoms with Gasteiger partial charge >= 0.3 is 0 Å². The first-order valence-corrected chi connectivity index (χ1v) is 8.88. The minimum atomic E-state index is 0. The van der Waals surface area contributed by atoms with Crippen LogP contribution >= 0.6 is 24.8 Å². The summed E-state index contributed by atoms with van der Waals surface area (Å²) in [4.78, 5) is 14.3. The number of rotatable bonds is 8. The molecule has 0 saturated carbocycles. The number of hydrogen-bond acceptors (Lipinski definition) is 4. The van der Waals surface area contributed by atoms with Crippen LogP contribution in [-0.2, 0) is 4.79 Å². The average molecular weight is 406 g/mol. The van der Waals surface area contributed by atoms with Crippen molar-refractivity contribution in [1.82, 2.24) is 15.5 Å². The smallest absolute Gasteiger partial charge is 0.220 e. The van der Waals surface area contributed by atoms with E-state index in [0.29, 0.717) is 18.9 Å². The number of amides is 1. The summed E-state index contributed by atoms with van der Waals surface area (Å²) in [6.07, 6.45) is 4.00. The van der Waals surface area contributed by atoms with Crippen molar-refractivity contribution in [3.63, 3.8) is 0 Å². The third kappa shape index (κ3) is 7.70. The first-order chi connectivity index (χ1) is 11.6. The molecule has 26 heavy (non-hydrogen) atoms. The van der Waals surface area contributed by atoms with Crippen molar-refractivity contribution in [3.05, 3.63) is 29.8 Å². The Balaban J connectivity index is 0.00000312. The molecule has 150 valence electrons. The highest BCUT2D eigenvalue weighted by molar-refractivity contribution is 5.85. The van der Waals surface area contributed by atoms with Crippen LogP contribution in [0.15, 0.2) is 24.3 Å². The van der Waals surface area contributed by atoms with Gasteiger partial charge in [0.15, 0.2) is 0 Å². The molecule has 0 spiro atoms. The van der Waals surface area contributed by atoms with Crippen LogP contribution in [0.5, 0.6) is 5.75 Å². The van der Waals surface area contributed by atoms with Gasteiger partial charge in [0.2, 0.25) is 5.91 Å². The Labute approximate surface area is 170 Å². The predicted molar refractivity (Wildman–Crippen MR) is 112 cm³/mol. The second-order valence-corrected chi connectivity index (χ2v) is 6.76. The molecule has 1 aromatic carbocycles. The molecule has 1 atom stereocenters. The van der Waals surface area contributed by atoms with E-state index >= 15 is 0 Å². The van der Waals surface area contributed by atoms with Crippen LogP contribution < -0.4 is 15.4 Å². The Morgan fingerprint density at radius 2 is 1.92 bits per heavy atom. The van der Waals surface area contributed by atoms with E-state index in [1.807, 2.05) is 32.3 Å². The zero-order chi connectivity index (χ0) is 17.4. The summed E-state index contributed by atoms with van der Waals surface area (Å²) in [6.45, 7) is 2.77. The SMILES string of the molecule is COc1ccccc1C(CNC(=O)CCC1CCNCC1)N(C)C.Cl.Cl. The van der Waals surface area contributed by atoms with Gasteiger partial charge in [0.05, 0.1) is 13.2 Å². The average Bonchev–Trinajstić information content (AvgIpc) is 2.61. The number of methoxy groups -OCH3 is 1. The summed E-state index contributed by atoms with van der Waals surface area (Å²) in [6, 6.07) is 8.10. The van der Waals surface area contributed by atoms with Gasteiger partial charge in [0.1, 0.15) is 5.75 Å². The van der Waals surface area contributed by atoms with E-state index < -0.39 is 0 Å². The molecule has 1 unspecified atom stereocenters. The van der Waals surface area contributed by atoms with Gasteiger partial charge in [-0.1, -0.05) is 18.2 Å². The highest BCUT2D eigenvalue weighted by Gasteiger charge is 2.19. The van der Waals surface area contributed by atoms with Crippen LogP contribution in [0, 0.1) is 5.92 Å². The number of ether oxygens (including phenoxy) is 1. The summed E-state index contributed by atoms with van der Waals surface area (Å²) in [7, 11) is 5.74. The molecule has 0 radical (unpaired) electrons. The number of likely N-dealkylation sites (N-methyl/N-ethyl adjacent to an activating group) is 1. The summed E-state index contributed by atoms with van der Waals surface area (Å²) in [5.74, 6) is 1.70. The van der Waals surface area contributed by atoms with Gasteiger partial charge in [0, 0.05) is 18.5 Å². The van der Waals surface area contributed by atoms with Crippen LogP contribution in [0.2, 0.25) is 0 Å². The maximum atomic E-state index is 12.2. The van der Waals surface area contributed by atoms with Gasteiger partial charge in [-0.25, -0.2) is 0 Å². The molecule has 2 N–H and O–H groups in total. The minimum absolute atomic E-state index is 0. The number of carbonyl (C=O) groups excluding carboxylic acids is 1. The number of benzene rings is 1. The molecule has 0 aliphatic carbocycles. The van der Waals surface area contributed by atoms with Gasteiger partial charge < -0.3 is 20.3 Å². The van der Waals surface area contributed by atoms with Crippen LogP contribution in [0.25, 0.3) is 0 Å². The highest BCUT2D eigenvalue weighted by atomic mass is 35.5. The molecule has 1 fully saturated rings. The molecule has 1 aliphatic heterocycles. The summed E-state index contributed by atoms with van der Waals surface area (Å²) in [5.41, 5.74) is 1.10. The third-order valence-corrected chi connectivity index (χ3v) is 4.85. The molecule has 1 amide bonds. The third-order valence-electron chi connectivity index (χ3n) is 4.85. The first kappa shape index (κ1) is 25.0. The van der Waals surface area contributed by atoms with Crippen LogP contribution in [0.4, 0.5) is 0 Å². The number of piperidine rings is 1. The molecule has 1 aliphatic rings. The minimum Gasteiger partial charge on any atom is -0.496 e. The van der Waals surface area contributed by atoms with E-state index in [-0.39, 0.29) is 36.8 Å². The number of halogens is 2. The predicted octanol–water partition coefficient (Wildman–Crippen LogP) is 3.04. The molecule has 0 aromatic heterocycles. The Kier molecular flexibility index (Phi) is 12.7. The molecule has 2 rings (SSSR count). The number of carbonyl (C=O) groups is 1. The van der Waals surface area contributed by atoms with Crippen molar-refractivity contribution in [2.75, 3.05) is 40.8 Å². The van der Waals surface area contributed by atoms with E-state index in [1.165, 1.54) is 12.8 Å². The zero-order valence-electron chi connectivity index (χ0n) is 16.0. The fourth-order valence-electron chi connectivity index (χ4n) is 3.32. The van der Waals surface area contributed by atoms with E-state index in [9.17, 15) is 4.79 Å². The molecular weight excluding hydrogens is 373 g/mol. The topological polar surface area (TPSA) is 53.6 Å². The van der Waals surface area contributed by atoms with Gasteiger partial charge in [-0.3, -0.25) is 4.79 Å². The molecule has 0 bridgehead atoms. The van der Waals surface area contributed by atoms with Crippen molar-refractivity contribution >= 4 is 30.7 Å². The fraction of sp³-hybridized carbons (Fsp3) is 0.632. The number of nitrogens with one attached hydrogen (secondary N) is 2. The largest absolute Gasteiger partial charge is 0.496 e. The zero-order valence-corrected chi connectivity index (χ0v) is 17.6. The van der Waals surface area contributed by atoms with Crippen molar-refractivity contribution in [3.8, 4) is 5.75 Å². The van der Waals surface area contributed by atoms with Crippen molar-refractivity contribution in [1.29, 1.82) is 0 Å². The van der Waals surface area contributed by atoms with E-state index in [1.54, 1.807) is 7.11 Å². The Morgan fingerprint density at radius 1 is 1.27 bits per heavy atom. The summed E-state index contributed by atoms with van der Waals surface area (Å²) >= 11 is 0. The fourth-order valence-corrected chi connectivity index (χ4v) is 3.32. The van der Waals surface area contributed by atoms with Gasteiger partial charge in [-0.05, 0) is 58.4 Å². The first-order valence-electron chi connectivity index (χ1n) is 8.88. The Hall–Kier alpha value is -1.01. The lowest BCUT2D eigenvalue weighted by molar-refractivity contribution is -0.121. The molecular formula is C19H33Cl2N3O2. The van der Waals surface area contributed by atoms with E-state index in [2.05, 4.69) is 21.6 Å². The number of hydrogen-bond donors (Lipinski definition) is 2. The lowest BCUT2D eigenvalue weighted by atomic mass is 9.93. The van der Waals surface area contributed by atoms with Crippen molar-refractivity contribution in [2.24, 2.45) is 5.92 Å². The lowest BCUT2D eigenvalue weighted by Crippen LogP contribution is -2.35. The normalized spacial score (nSPS) is 15.5. The van der Waals surface area contributed by atoms with Crippen LogP contribution in [0.3, 0.4) is 0 Å². The van der Waals surface area contributed by atoms with Crippen molar-refractivity contribution < 1.29 is 9.53 Å². The van der Waals surface area contributed by atoms with Gasteiger partial charge in [-0.15, -0.1) is 24.8 Å². The monoisotopic (exact) mass is 405 g/mol. The second kappa shape index (κ2) is 13.2. The second-order valence-electron chi connectivity index (χ2n) is 6.76. The summed E-state index contributed by atoms with van der Waals surface area (Å²) in [5, 5.41) is 6.47. The molecule has 1 aromatic rings. The summed E-state index contributed by atoms with van der Waals surface area (Å²) < 4.78 is 5.46. The van der Waals surface area contributed by atoms with Gasteiger partial charge in [0.25, 0.3) is 0 Å². The molecule has 1 saturated heterocycles. The standard InChI is InChI=1S/C19H31N3O2.2ClH/c1-22(2)17(16-6-4-5-7-18(16)24-3)14-21-19(23)9-8-15-10-12-20-13-11-15;;/h4-7,15,17,20H,8-14H2,1-3H3,(H,21,23);2*1H. The molecule has 5 nitrogen and oxygen atoms in total. The number of para-hydroxylation sites is 1. The Morgan fingerprint density at radius 3 is 2.54 bits per heavy atom. The van der Waals surface area contributed by atoms with Crippen molar-refractivity contribution in [2.45, 2.75) is 31.7 Å². The van der Waals surface area contributed by atoms with Gasteiger partial charge in [-0.2, -0.15) is 0 Å². The lowest BCUT2D eigenvalue weighted by Gasteiger charge is -2.27. The van der Waals surface area contributed by atoms with Crippen LogP contribution in [-0.4, -0.2) is 51.6 Å². The number of nitrogens with zero attached hydrogens (tertiary/aromatic N) is 1. The van der Waals surface area contributed by atoms with Crippen LogP contribution in [0.1, 0.15) is 37.3 Å². The Bertz CT molecular complexity index is 523. The molecule has 1 heterocycles. The highest BCUT2D eigenvalue weighted by Crippen LogP contribution is 2.27.